The maximum Gasteiger partial charge on any atom is 0.251 e. The lowest BCUT2D eigenvalue weighted by Gasteiger charge is -2.19. The number of hydrogen-bond donors (Lipinski definition) is 1. The van der Waals surface area contributed by atoms with Crippen molar-refractivity contribution in [1.82, 2.24) is 5.32 Å². The third-order valence-electron chi connectivity index (χ3n) is 5.13. The van der Waals surface area contributed by atoms with Gasteiger partial charge in [0, 0.05) is 12.1 Å². The summed E-state index contributed by atoms with van der Waals surface area (Å²) >= 11 is 6.18. The topological polar surface area (TPSA) is 83.6 Å². The number of hydrogen-bond acceptors (Lipinski definition) is 4. The van der Waals surface area contributed by atoms with Crippen LogP contribution in [0.1, 0.15) is 56.3 Å². The summed E-state index contributed by atoms with van der Waals surface area (Å²) in [5.41, 5.74) is 0.623. The molecule has 1 aliphatic carbocycles. The van der Waals surface area contributed by atoms with Crippen LogP contribution in [0, 0.1) is 5.41 Å². The van der Waals surface area contributed by atoms with Crippen LogP contribution in [0.15, 0.2) is 29.8 Å². The number of rotatable bonds is 5. The molecule has 1 fully saturated rings. The van der Waals surface area contributed by atoms with Gasteiger partial charge in [-0.1, -0.05) is 23.3 Å². The molecule has 0 unspecified atom stereocenters. The predicted octanol–water partition coefficient (Wildman–Crippen LogP) is 3.66. The van der Waals surface area contributed by atoms with Crippen LogP contribution in [0.25, 0.3) is 0 Å². The summed E-state index contributed by atoms with van der Waals surface area (Å²) in [5, 5.41) is 2.97. The van der Waals surface area contributed by atoms with Crippen molar-refractivity contribution in [2.45, 2.75) is 46.0 Å². The van der Waals surface area contributed by atoms with Crippen molar-refractivity contribution in [1.29, 1.82) is 0 Å². The molecule has 0 saturated carbocycles. The molecule has 0 aromatic heterocycles. The van der Waals surface area contributed by atoms with Crippen LogP contribution in [0.4, 0.5) is 5.69 Å². The monoisotopic (exact) mass is 424 g/mol. The van der Waals surface area contributed by atoms with Crippen molar-refractivity contribution >= 4 is 39.1 Å². The highest BCUT2D eigenvalue weighted by Gasteiger charge is 2.50. The Bertz CT molecular complexity index is 938. The van der Waals surface area contributed by atoms with Gasteiger partial charge in [0.2, 0.25) is 15.9 Å². The summed E-state index contributed by atoms with van der Waals surface area (Å²) in [4.78, 5) is 25.1. The Labute approximate surface area is 171 Å². The maximum atomic E-state index is 12.6. The van der Waals surface area contributed by atoms with Gasteiger partial charge in [0.15, 0.2) is 0 Å². The van der Waals surface area contributed by atoms with Crippen LogP contribution in [0.2, 0.25) is 5.02 Å². The lowest BCUT2D eigenvalue weighted by atomic mass is 9.95. The lowest BCUT2D eigenvalue weighted by molar-refractivity contribution is -0.123. The van der Waals surface area contributed by atoms with Crippen LogP contribution in [-0.4, -0.2) is 32.5 Å². The lowest BCUT2D eigenvalue weighted by Crippen LogP contribution is -2.33. The standard InChI is InChI=1S/C20H25ClN2O4S/c1-20(2)13-28(26,27)23(19(20)25)17-12-15(8-9-16(17)21)18(24)22-11-10-14-6-4-3-5-7-14/h6,8-9,12H,3-5,7,10-11,13H2,1-2H3,(H,22,24). The minimum absolute atomic E-state index is 0.0277. The average molecular weight is 425 g/mol. The van der Waals surface area contributed by atoms with E-state index in [0.717, 1.165) is 23.6 Å². The number of allylic oxidation sites excluding steroid dienone is 1. The third-order valence-corrected chi connectivity index (χ3v) is 7.45. The zero-order chi connectivity index (χ0) is 20.5. The molecule has 0 spiro atoms. The van der Waals surface area contributed by atoms with Gasteiger partial charge in [0.25, 0.3) is 5.91 Å². The Balaban J connectivity index is 1.77. The van der Waals surface area contributed by atoms with Crippen LogP contribution in [0.5, 0.6) is 0 Å². The Hall–Kier alpha value is -1.86. The van der Waals surface area contributed by atoms with Gasteiger partial charge in [-0.05, 0) is 64.2 Å². The van der Waals surface area contributed by atoms with Gasteiger partial charge in [0.1, 0.15) is 0 Å². The number of sulfonamides is 1. The third kappa shape index (κ3) is 4.25. The molecule has 2 amide bonds. The number of carbonyl (C=O) groups excluding carboxylic acids is 2. The zero-order valence-electron chi connectivity index (χ0n) is 16.1. The van der Waals surface area contributed by atoms with Crippen molar-refractivity contribution < 1.29 is 18.0 Å². The first-order valence-corrected chi connectivity index (χ1v) is 11.4. The van der Waals surface area contributed by atoms with Gasteiger partial charge in [-0.3, -0.25) is 9.59 Å². The maximum absolute atomic E-state index is 12.6. The molecule has 0 bridgehead atoms. The van der Waals surface area contributed by atoms with Gasteiger partial charge in [-0.15, -0.1) is 0 Å². The van der Waals surface area contributed by atoms with E-state index in [-0.39, 0.29) is 27.9 Å². The second-order valence-electron chi connectivity index (χ2n) is 7.99. The van der Waals surface area contributed by atoms with Crippen molar-refractivity contribution in [3.05, 3.63) is 40.4 Å². The van der Waals surface area contributed by atoms with Crippen LogP contribution in [-0.2, 0) is 14.8 Å². The SMILES string of the molecule is CC1(C)CS(=O)(=O)N(c2cc(C(=O)NCCC3=CCCCC3)ccc2Cl)C1=O. The number of benzene rings is 1. The number of halogens is 1. The number of carbonyl (C=O) groups is 2. The van der Waals surface area contributed by atoms with Gasteiger partial charge >= 0.3 is 0 Å². The number of anilines is 1. The largest absolute Gasteiger partial charge is 0.352 e. The van der Waals surface area contributed by atoms with Crippen LogP contribution >= 0.6 is 11.6 Å². The van der Waals surface area contributed by atoms with Gasteiger partial charge < -0.3 is 5.32 Å². The molecule has 3 rings (SSSR count). The van der Waals surface area contributed by atoms with Gasteiger partial charge in [0.05, 0.1) is 21.9 Å². The molecule has 28 heavy (non-hydrogen) atoms. The minimum Gasteiger partial charge on any atom is -0.352 e. The fourth-order valence-corrected chi connectivity index (χ4v) is 5.99. The van der Waals surface area contributed by atoms with Crippen molar-refractivity contribution in [2.24, 2.45) is 5.41 Å². The van der Waals surface area contributed by atoms with E-state index in [9.17, 15) is 18.0 Å². The molecule has 1 aromatic rings. The number of nitrogens with one attached hydrogen (secondary N) is 1. The first-order valence-electron chi connectivity index (χ1n) is 9.45. The van der Waals surface area contributed by atoms with Gasteiger partial charge in [-0.2, -0.15) is 0 Å². The highest BCUT2D eigenvalue weighted by atomic mass is 35.5. The fourth-order valence-electron chi connectivity index (χ4n) is 3.62. The summed E-state index contributed by atoms with van der Waals surface area (Å²) in [6.45, 7) is 3.67. The molecule has 1 aromatic carbocycles. The van der Waals surface area contributed by atoms with E-state index in [2.05, 4.69) is 11.4 Å². The summed E-state index contributed by atoms with van der Waals surface area (Å²) < 4.78 is 25.8. The molecule has 1 aliphatic heterocycles. The molecule has 1 heterocycles. The summed E-state index contributed by atoms with van der Waals surface area (Å²) in [6.07, 6.45) is 7.62. The van der Waals surface area contributed by atoms with E-state index >= 15 is 0 Å². The summed E-state index contributed by atoms with van der Waals surface area (Å²) in [5.74, 6) is -1.16. The highest BCUT2D eigenvalue weighted by molar-refractivity contribution is 7.94. The minimum atomic E-state index is -3.83. The van der Waals surface area contributed by atoms with E-state index in [4.69, 9.17) is 11.6 Å². The summed E-state index contributed by atoms with van der Waals surface area (Å²) in [6, 6.07) is 4.34. The van der Waals surface area contributed by atoms with Crippen LogP contribution in [0.3, 0.4) is 0 Å². The average Bonchev–Trinajstić information content (AvgIpc) is 2.79. The van der Waals surface area contributed by atoms with Crippen molar-refractivity contribution in [3.8, 4) is 0 Å². The first-order chi connectivity index (χ1) is 13.1. The fraction of sp³-hybridized carbons (Fsp3) is 0.500. The molecule has 6 nitrogen and oxygen atoms in total. The molecule has 1 N–H and O–H groups in total. The Kier molecular flexibility index (Phi) is 5.87. The molecule has 2 aliphatic rings. The van der Waals surface area contributed by atoms with Crippen LogP contribution < -0.4 is 9.62 Å². The Morgan fingerprint density at radius 2 is 2.04 bits per heavy atom. The van der Waals surface area contributed by atoms with E-state index in [1.807, 2.05) is 0 Å². The molecule has 152 valence electrons. The number of nitrogens with zero attached hydrogens (tertiary/aromatic N) is 1. The van der Waals surface area contributed by atoms with E-state index in [1.54, 1.807) is 13.8 Å². The number of amides is 2. The zero-order valence-corrected chi connectivity index (χ0v) is 17.7. The molecular formula is C20H25ClN2O4S. The normalized spacial score (nSPS) is 20.8. The van der Waals surface area contributed by atoms with Gasteiger partial charge in [-0.25, -0.2) is 12.7 Å². The second kappa shape index (κ2) is 7.87. The molecule has 0 radical (unpaired) electrons. The van der Waals surface area contributed by atoms with Crippen molar-refractivity contribution in [3.63, 3.8) is 0 Å². The van der Waals surface area contributed by atoms with E-state index < -0.39 is 21.3 Å². The molecule has 0 atom stereocenters. The Morgan fingerprint density at radius 1 is 1.29 bits per heavy atom. The second-order valence-corrected chi connectivity index (χ2v) is 10.2. The van der Waals surface area contributed by atoms with E-state index in [1.165, 1.54) is 36.6 Å². The highest BCUT2D eigenvalue weighted by Crippen LogP contribution is 2.39. The molecular weight excluding hydrogens is 400 g/mol. The molecule has 1 saturated heterocycles. The predicted molar refractivity (Wildman–Crippen MR) is 110 cm³/mol. The smallest absolute Gasteiger partial charge is 0.251 e. The summed E-state index contributed by atoms with van der Waals surface area (Å²) in [7, 11) is -3.83. The Morgan fingerprint density at radius 3 is 2.64 bits per heavy atom. The van der Waals surface area contributed by atoms with Crippen molar-refractivity contribution in [2.75, 3.05) is 16.6 Å². The van der Waals surface area contributed by atoms with E-state index in [0.29, 0.717) is 6.54 Å². The quantitative estimate of drug-likeness (QED) is 0.731. The molecule has 8 heteroatoms. The first kappa shape index (κ1) is 20.9.